The normalized spacial score (nSPS) is 29.1. The van der Waals surface area contributed by atoms with Crippen molar-refractivity contribution < 1.29 is 9.47 Å². The molecular formula is C15H21NO2. The summed E-state index contributed by atoms with van der Waals surface area (Å²) in [6, 6.07) is 0. The summed E-state index contributed by atoms with van der Waals surface area (Å²) < 4.78 is 10.9. The molecule has 0 aromatic carbocycles. The van der Waals surface area contributed by atoms with Crippen LogP contribution in [0.5, 0.6) is 0 Å². The first-order valence-corrected chi connectivity index (χ1v) is 6.58. The first kappa shape index (κ1) is 13.0. The highest BCUT2D eigenvalue weighted by Crippen LogP contribution is 2.20. The van der Waals surface area contributed by atoms with Gasteiger partial charge in [-0.1, -0.05) is 18.6 Å². The quantitative estimate of drug-likeness (QED) is 0.733. The lowest BCUT2D eigenvalue weighted by molar-refractivity contribution is 0.0597. The molecule has 2 heterocycles. The number of ether oxygens (including phenoxy) is 2. The van der Waals surface area contributed by atoms with E-state index in [1.807, 2.05) is 30.4 Å². The van der Waals surface area contributed by atoms with Crippen LogP contribution in [0, 0.1) is 0 Å². The number of unbranched alkanes of at least 4 members (excludes halogenated alkanes) is 2. The molecule has 2 N–H and O–H groups in total. The van der Waals surface area contributed by atoms with Crippen molar-refractivity contribution in [3.8, 4) is 0 Å². The molecular weight excluding hydrogens is 226 g/mol. The van der Waals surface area contributed by atoms with Gasteiger partial charge in [0.15, 0.2) is 5.72 Å². The third kappa shape index (κ3) is 4.08. The van der Waals surface area contributed by atoms with Gasteiger partial charge in [-0.2, -0.15) is 0 Å². The summed E-state index contributed by atoms with van der Waals surface area (Å²) in [5, 5.41) is 0. The summed E-state index contributed by atoms with van der Waals surface area (Å²) in [5.41, 5.74) is 5.48. The minimum atomic E-state index is -0.598. The molecule has 0 amide bonds. The predicted octanol–water partition coefficient (Wildman–Crippen LogP) is 3.16. The zero-order valence-electron chi connectivity index (χ0n) is 10.6. The topological polar surface area (TPSA) is 44.5 Å². The Bertz CT molecular complexity index is 371. The summed E-state index contributed by atoms with van der Waals surface area (Å²) in [4.78, 5) is 0. The van der Waals surface area contributed by atoms with Crippen molar-refractivity contribution >= 4 is 0 Å². The van der Waals surface area contributed by atoms with Gasteiger partial charge in [-0.3, -0.25) is 5.73 Å². The summed E-state index contributed by atoms with van der Waals surface area (Å²) in [5.74, 6) is 0. The Kier molecular flexibility index (Phi) is 4.65. The summed E-state index contributed by atoms with van der Waals surface area (Å²) in [6.45, 7) is 0. The molecule has 2 unspecified atom stereocenters. The molecule has 98 valence electrons. The summed E-state index contributed by atoms with van der Waals surface area (Å²) in [7, 11) is 0. The minimum absolute atomic E-state index is 0.246. The van der Waals surface area contributed by atoms with Crippen LogP contribution in [0.3, 0.4) is 0 Å². The van der Waals surface area contributed by atoms with Gasteiger partial charge in [0.25, 0.3) is 0 Å². The van der Waals surface area contributed by atoms with Gasteiger partial charge >= 0.3 is 0 Å². The molecule has 0 bridgehead atoms. The highest BCUT2D eigenvalue weighted by atomic mass is 16.5. The van der Waals surface area contributed by atoms with Crippen molar-refractivity contribution in [2.75, 3.05) is 0 Å². The van der Waals surface area contributed by atoms with Crippen molar-refractivity contribution in [2.45, 2.75) is 43.9 Å². The highest BCUT2D eigenvalue weighted by Gasteiger charge is 2.22. The van der Waals surface area contributed by atoms with Gasteiger partial charge in [-0.25, -0.2) is 0 Å². The summed E-state index contributed by atoms with van der Waals surface area (Å²) in [6.07, 6.45) is 20.7. The molecule has 18 heavy (non-hydrogen) atoms. The highest BCUT2D eigenvalue weighted by molar-refractivity contribution is 5.12. The molecule has 2 aliphatic heterocycles. The van der Waals surface area contributed by atoms with E-state index < -0.39 is 5.72 Å². The lowest BCUT2D eigenvalue weighted by Gasteiger charge is -2.27. The average Bonchev–Trinajstić information content (AvgIpc) is 2.40. The van der Waals surface area contributed by atoms with E-state index in [1.165, 1.54) is 0 Å². The first-order chi connectivity index (χ1) is 8.79. The molecule has 0 saturated carbocycles. The molecule has 3 heteroatoms. The minimum Gasteiger partial charge on any atom is -0.494 e. The van der Waals surface area contributed by atoms with Crippen LogP contribution in [0.25, 0.3) is 0 Å². The maximum Gasteiger partial charge on any atom is 0.177 e. The van der Waals surface area contributed by atoms with Crippen molar-refractivity contribution in [3.63, 3.8) is 0 Å². The fourth-order valence-corrected chi connectivity index (χ4v) is 2.12. The molecule has 2 atom stereocenters. The standard InChI is InChI=1S/C15H21NO2/c16-15(11-5-7-13-18-15)10-4-1-2-8-14-9-3-6-12-17-14/h3,5-7,9,11-14H,1-2,4,8,10,16H2. The first-order valence-electron chi connectivity index (χ1n) is 6.58. The predicted molar refractivity (Wildman–Crippen MR) is 72.5 cm³/mol. The Labute approximate surface area is 109 Å². The lowest BCUT2D eigenvalue weighted by Crippen LogP contribution is -2.39. The Balaban J connectivity index is 1.56. The largest absolute Gasteiger partial charge is 0.494 e. The molecule has 0 aromatic heterocycles. The Hall–Kier alpha value is -1.48. The van der Waals surface area contributed by atoms with Gasteiger partial charge in [-0.05, 0) is 43.6 Å². The Morgan fingerprint density at radius 1 is 1.00 bits per heavy atom. The van der Waals surface area contributed by atoms with Crippen LogP contribution in [0.15, 0.2) is 49.0 Å². The fourth-order valence-electron chi connectivity index (χ4n) is 2.12. The molecule has 2 rings (SSSR count). The van der Waals surface area contributed by atoms with Crippen LogP contribution in [0.4, 0.5) is 0 Å². The number of hydrogen-bond acceptors (Lipinski definition) is 3. The Morgan fingerprint density at radius 3 is 2.61 bits per heavy atom. The van der Waals surface area contributed by atoms with E-state index in [1.54, 1.807) is 12.5 Å². The number of rotatable bonds is 6. The summed E-state index contributed by atoms with van der Waals surface area (Å²) >= 11 is 0. The zero-order chi connectivity index (χ0) is 12.7. The van der Waals surface area contributed by atoms with Crippen LogP contribution in [-0.4, -0.2) is 11.8 Å². The Morgan fingerprint density at radius 2 is 1.89 bits per heavy atom. The van der Waals surface area contributed by atoms with E-state index in [0.29, 0.717) is 0 Å². The fraction of sp³-hybridized carbons (Fsp3) is 0.467. The van der Waals surface area contributed by atoms with Gasteiger partial charge in [0.05, 0.1) is 12.5 Å². The third-order valence-electron chi connectivity index (χ3n) is 3.18. The smallest absolute Gasteiger partial charge is 0.177 e. The van der Waals surface area contributed by atoms with Crippen LogP contribution in [0.1, 0.15) is 32.1 Å². The molecule has 0 radical (unpaired) electrons. The van der Waals surface area contributed by atoms with Crippen LogP contribution in [-0.2, 0) is 9.47 Å². The molecule has 0 aromatic rings. The lowest BCUT2D eigenvalue weighted by atomic mass is 10.0. The van der Waals surface area contributed by atoms with Crippen molar-refractivity contribution in [1.82, 2.24) is 0 Å². The molecule has 0 spiro atoms. The maximum atomic E-state index is 6.08. The van der Waals surface area contributed by atoms with Crippen molar-refractivity contribution in [1.29, 1.82) is 0 Å². The van der Waals surface area contributed by atoms with Crippen molar-refractivity contribution in [2.24, 2.45) is 5.73 Å². The molecule has 0 saturated heterocycles. The second-order valence-electron chi connectivity index (χ2n) is 4.75. The SMILES string of the molecule is NC1(CCCCCC2C=CC=CO2)C=CC=CO1. The van der Waals surface area contributed by atoms with Gasteiger partial charge in [0.2, 0.25) is 0 Å². The molecule has 2 aliphatic rings. The van der Waals surface area contributed by atoms with E-state index in [4.69, 9.17) is 15.2 Å². The second-order valence-corrected chi connectivity index (χ2v) is 4.75. The van der Waals surface area contributed by atoms with Crippen molar-refractivity contribution in [3.05, 3.63) is 49.0 Å². The third-order valence-corrected chi connectivity index (χ3v) is 3.18. The number of nitrogens with two attached hydrogens (primary N) is 1. The zero-order valence-corrected chi connectivity index (χ0v) is 10.6. The van der Waals surface area contributed by atoms with Crippen LogP contribution >= 0.6 is 0 Å². The van der Waals surface area contributed by atoms with Crippen LogP contribution in [0.2, 0.25) is 0 Å². The number of hydrogen-bond donors (Lipinski definition) is 1. The van der Waals surface area contributed by atoms with Crippen LogP contribution < -0.4 is 5.73 Å². The number of allylic oxidation sites excluding steroid dienone is 4. The van der Waals surface area contributed by atoms with Gasteiger partial charge in [0, 0.05) is 6.42 Å². The van der Waals surface area contributed by atoms with Gasteiger partial charge in [-0.15, -0.1) is 0 Å². The monoisotopic (exact) mass is 247 g/mol. The van der Waals surface area contributed by atoms with E-state index in [-0.39, 0.29) is 6.10 Å². The second kappa shape index (κ2) is 6.45. The van der Waals surface area contributed by atoms with E-state index in [9.17, 15) is 0 Å². The molecule has 0 fully saturated rings. The van der Waals surface area contributed by atoms with Gasteiger partial charge in [0.1, 0.15) is 6.10 Å². The molecule has 3 nitrogen and oxygen atoms in total. The van der Waals surface area contributed by atoms with Gasteiger partial charge < -0.3 is 9.47 Å². The van der Waals surface area contributed by atoms with E-state index in [2.05, 4.69) is 6.08 Å². The average molecular weight is 247 g/mol. The maximum absolute atomic E-state index is 6.08. The molecule has 0 aliphatic carbocycles. The van der Waals surface area contributed by atoms with E-state index in [0.717, 1.165) is 32.1 Å². The van der Waals surface area contributed by atoms with E-state index >= 15 is 0 Å².